The zero-order chi connectivity index (χ0) is 13.3. The molecule has 1 aliphatic rings. The van der Waals surface area contributed by atoms with Crippen molar-refractivity contribution < 1.29 is 14.7 Å². The van der Waals surface area contributed by atoms with Crippen LogP contribution >= 0.6 is 27.5 Å². The fourth-order valence-corrected chi connectivity index (χ4v) is 2.68. The smallest absolute Gasteiger partial charge is 0.308 e. The lowest BCUT2D eigenvalue weighted by Gasteiger charge is -2.17. The van der Waals surface area contributed by atoms with Gasteiger partial charge in [-0.15, -0.1) is 0 Å². The van der Waals surface area contributed by atoms with Gasteiger partial charge in [0, 0.05) is 29.0 Å². The predicted molar refractivity (Wildman–Crippen MR) is 70.3 cm³/mol. The number of carboxylic acid groups (broad SMARTS) is 1. The van der Waals surface area contributed by atoms with Crippen LogP contribution in [-0.2, 0) is 16.1 Å². The summed E-state index contributed by atoms with van der Waals surface area (Å²) >= 11 is 9.38. The number of halogens is 2. The number of benzene rings is 1. The number of carboxylic acids is 1. The molecule has 96 valence electrons. The van der Waals surface area contributed by atoms with Gasteiger partial charge in [-0.25, -0.2) is 0 Å². The van der Waals surface area contributed by atoms with Crippen LogP contribution in [-0.4, -0.2) is 28.4 Å². The highest BCUT2D eigenvalue weighted by Gasteiger charge is 2.34. The van der Waals surface area contributed by atoms with E-state index in [2.05, 4.69) is 15.9 Å². The summed E-state index contributed by atoms with van der Waals surface area (Å²) in [4.78, 5) is 24.1. The number of carbonyl (C=O) groups is 2. The van der Waals surface area contributed by atoms with Gasteiger partial charge in [-0.2, -0.15) is 0 Å². The minimum atomic E-state index is -0.923. The van der Waals surface area contributed by atoms with E-state index in [1.165, 1.54) is 4.90 Å². The Kier molecular flexibility index (Phi) is 3.92. The Morgan fingerprint density at radius 3 is 2.83 bits per heavy atom. The van der Waals surface area contributed by atoms with Gasteiger partial charge in [0.1, 0.15) is 0 Å². The van der Waals surface area contributed by atoms with E-state index < -0.39 is 11.9 Å². The number of rotatable bonds is 3. The molecule has 6 heteroatoms. The molecule has 0 radical (unpaired) electrons. The third-order valence-corrected chi connectivity index (χ3v) is 3.79. The number of likely N-dealkylation sites (tertiary alicyclic amines) is 1. The van der Waals surface area contributed by atoms with Crippen molar-refractivity contribution in [1.29, 1.82) is 0 Å². The van der Waals surface area contributed by atoms with Crippen molar-refractivity contribution in [3.8, 4) is 0 Å². The van der Waals surface area contributed by atoms with E-state index >= 15 is 0 Å². The summed E-state index contributed by atoms with van der Waals surface area (Å²) in [6.07, 6.45) is 0.0729. The van der Waals surface area contributed by atoms with Crippen molar-refractivity contribution in [3.63, 3.8) is 0 Å². The van der Waals surface area contributed by atoms with E-state index in [0.717, 1.165) is 10.0 Å². The Bertz CT molecular complexity index is 506. The highest BCUT2D eigenvalue weighted by atomic mass is 79.9. The van der Waals surface area contributed by atoms with Gasteiger partial charge in [0.15, 0.2) is 0 Å². The van der Waals surface area contributed by atoms with Gasteiger partial charge in [0.25, 0.3) is 0 Å². The number of hydrogen-bond acceptors (Lipinski definition) is 2. The maximum absolute atomic E-state index is 11.7. The SMILES string of the molecule is O=C(O)C1CC(=O)N(Cc2ccc(Br)cc2Cl)C1. The van der Waals surface area contributed by atoms with E-state index in [0.29, 0.717) is 11.6 Å². The first-order valence-corrected chi connectivity index (χ1v) is 6.59. The van der Waals surface area contributed by atoms with E-state index in [1.807, 2.05) is 12.1 Å². The normalized spacial score (nSPS) is 19.3. The summed E-state index contributed by atoms with van der Waals surface area (Å²) < 4.78 is 0.868. The second kappa shape index (κ2) is 5.28. The molecule has 0 aliphatic carbocycles. The quantitative estimate of drug-likeness (QED) is 0.925. The molecule has 4 nitrogen and oxygen atoms in total. The Morgan fingerprint density at radius 1 is 1.56 bits per heavy atom. The largest absolute Gasteiger partial charge is 0.481 e. The van der Waals surface area contributed by atoms with Gasteiger partial charge in [0.2, 0.25) is 5.91 Å². The maximum atomic E-state index is 11.7. The van der Waals surface area contributed by atoms with E-state index in [-0.39, 0.29) is 18.9 Å². The first-order chi connectivity index (χ1) is 8.47. The van der Waals surface area contributed by atoms with Gasteiger partial charge >= 0.3 is 5.97 Å². The number of amides is 1. The van der Waals surface area contributed by atoms with Crippen LogP contribution in [0.2, 0.25) is 5.02 Å². The monoisotopic (exact) mass is 331 g/mol. The standard InChI is InChI=1S/C12H11BrClNO3/c13-9-2-1-7(10(14)4-9)5-15-6-8(12(17)18)3-11(15)16/h1-2,4,8H,3,5-6H2,(H,17,18). The Balaban J connectivity index is 2.10. The van der Waals surface area contributed by atoms with Crippen LogP contribution in [0.1, 0.15) is 12.0 Å². The number of hydrogen-bond donors (Lipinski definition) is 1. The maximum Gasteiger partial charge on any atom is 0.308 e. The molecule has 1 aliphatic heterocycles. The molecule has 1 heterocycles. The summed E-state index contributed by atoms with van der Waals surface area (Å²) in [7, 11) is 0. The van der Waals surface area contributed by atoms with Crippen molar-refractivity contribution in [1.82, 2.24) is 4.90 Å². The van der Waals surface area contributed by atoms with Gasteiger partial charge in [0.05, 0.1) is 5.92 Å². The molecule has 1 atom stereocenters. The zero-order valence-corrected chi connectivity index (χ0v) is 11.7. The first-order valence-electron chi connectivity index (χ1n) is 5.42. The fourth-order valence-electron chi connectivity index (χ4n) is 1.95. The van der Waals surface area contributed by atoms with E-state index in [1.54, 1.807) is 6.07 Å². The summed E-state index contributed by atoms with van der Waals surface area (Å²) in [5.41, 5.74) is 0.819. The van der Waals surface area contributed by atoms with Crippen LogP contribution in [0.5, 0.6) is 0 Å². The molecular formula is C12H11BrClNO3. The molecule has 1 saturated heterocycles. The van der Waals surface area contributed by atoms with Crippen molar-refractivity contribution in [2.24, 2.45) is 5.92 Å². The van der Waals surface area contributed by atoms with Gasteiger partial charge in [-0.3, -0.25) is 9.59 Å². The molecule has 1 fully saturated rings. The Morgan fingerprint density at radius 2 is 2.28 bits per heavy atom. The molecular weight excluding hydrogens is 321 g/mol. The molecule has 1 aromatic rings. The number of aliphatic carboxylic acids is 1. The molecule has 1 N–H and O–H groups in total. The van der Waals surface area contributed by atoms with Crippen LogP contribution in [0, 0.1) is 5.92 Å². The zero-order valence-electron chi connectivity index (χ0n) is 9.40. The van der Waals surface area contributed by atoms with E-state index in [4.69, 9.17) is 16.7 Å². The van der Waals surface area contributed by atoms with Gasteiger partial charge in [-0.1, -0.05) is 33.6 Å². The Labute approximate surface area is 118 Å². The average Bonchev–Trinajstić information content (AvgIpc) is 2.64. The molecule has 0 saturated carbocycles. The molecule has 0 bridgehead atoms. The van der Waals surface area contributed by atoms with Crippen molar-refractivity contribution in [3.05, 3.63) is 33.3 Å². The van der Waals surface area contributed by atoms with Crippen molar-refractivity contribution in [2.45, 2.75) is 13.0 Å². The number of carbonyl (C=O) groups excluding carboxylic acids is 1. The molecule has 0 spiro atoms. The van der Waals surface area contributed by atoms with Crippen LogP contribution < -0.4 is 0 Å². The van der Waals surface area contributed by atoms with Crippen LogP contribution in [0.3, 0.4) is 0 Å². The van der Waals surface area contributed by atoms with Crippen molar-refractivity contribution in [2.75, 3.05) is 6.54 Å². The minimum absolute atomic E-state index is 0.0729. The van der Waals surface area contributed by atoms with Crippen molar-refractivity contribution >= 4 is 39.4 Å². The van der Waals surface area contributed by atoms with E-state index in [9.17, 15) is 9.59 Å². The van der Waals surface area contributed by atoms with Crippen LogP contribution in [0.25, 0.3) is 0 Å². The Hall–Kier alpha value is -1.07. The van der Waals surface area contributed by atoms with Gasteiger partial charge < -0.3 is 10.0 Å². The second-order valence-corrected chi connectivity index (χ2v) is 5.57. The lowest BCUT2D eigenvalue weighted by molar-refractivity contribution is -0.141. The first kappa shape index (κ1) is 13.4. The van der Waals surface area contributed by atoms with Crippen LogP contribution in [0.15, 0.2) is 22.7 Å². The molecule has 2 rings (SSSR count). The van der Waals surface area contributed by atoms with Gasteiger partial charge in [-0.05, 0) is 17.7 Å². The average molecular weight is 333 g/mol. The lowest BCUT2D eigenvalue weighted by atomic mass is 10.1. The molecule has 1 amide bonds. The second-order valence-electron chi connectivity index (χ2n) is 4.25. The minimum Gasteiger partial charge on any atom is -0.481 e. The highest BCUT2D eigenvalue weighted by Crippen LogP contribution is 2.25. The number of nitrogens with zero attached hydrogens (tertiary/aromatic N) is 1. The summed E-state index contributed by atoms with van der Waals surface area (Å²) in [6.45, 7) is 0.606. The summed E-state index contributed by atoms with van der Waals surface area (Å²) in [5, 5.41) is 9.46. The molecule has 0 aromatic heterocycles. The predicted octanol–water partition coefficient (Wildman–Crippen LogP) is 2.54. The third kappa shape index (κ3) is 2.84. The lowest BCUT2D eigenvalue weighted by Crippen LogP contribution is -2.25. The highest BCUT2D eigenvalue weighted by molar-refractivity contribution is 9.10. The third-order valence-electron chi connectivity index (χ3n) is 2.94. The summed E-state index contributed by atoms with van der Waals surface area (Å²) in [5.74, 6) is -1.67. The summed E-state index contributed by atoms with van der Waals surface area (Å²) in [6, 6.07) is 5.43. The van der Waals surface area contributed by atoms with Crippen LogP contribution in [0.4, 0.5) is 0 Å². The topological polar surface area (TPSA) is 57.6 Å². The molecule has 18 heavy (non-hydrogen) atoms. The molecule has 1 unspecified atom stereocenters. The fraction of sp³-hybridized carbons (Fsp3) is 0.333. The molecule has 1 aromatic carbocycles.